The summed E-state index contributed by atoms with van der Waals surface area (Å²) in [5.41, 5.74) is -6.24. The first-order valence-corrected chi connectivity index (χ1v) is 8.30. The van der Waals surface area contributed by atoms with Crippen LogP contribution in [-0.2, 0) is 18.5 Å². The van der Waals surface area contributed by atoms with Crippen LogP contribution >= 0.6 is 7.82 Å². The number of nitrogens with two attached hydrogens (primary N) is 1. The van der Waals surface area contributed by atoms with Gasteiger partial charge in [0, 0.05) is 12.3 Å². The van der Waals surface area contributed by atoms with Crippen molar-refractivity contribution in [3.8, 4) is 0 Å². The number of hydrogen-bond donors (Lipinski definition) is 5. The molecule has 0 bridgehead atoms. The quantitative estimate of drug-likeness (QED) is 0.268. The number of hydrogen-bond acceptors (Lipinski definition) is 9. The minimum atomic E-state index is -4.74. The highest BCUT2D eigenvalue weighted by Crippen LogP contribution is 2.48. The van der Waals surface area contributed by atoms with Crippen LogP contribution in [0.15, 0.2) is 21.9 Å². The van der Waals surface area contributed by atoms with Crippen molar-refractivity contribution in [3.05, 3.63) is 33.1 Å². The van der Waals surface area contributed by atoms with Crippen LogP contribution in [0.3, 0.4) is 0 Å². The number of rotatable bonds is 6. The molecular weight excluding hydrogens is 368 g/mol. The molecule has 6 N–H and O–H groups in total. The lowest BCUT2D eigenvalue weighted by Crippen LogP contribution is -2.53. The summed E-state index contributed by atoms with van der Waals surface area (Å²) in [6.45, 7) is -1.43. The van der Waals surface area contributed by atoms with Gasteiger partial charge in [-0.2, -0.15) is 0 Å². The molecule has 0 aromatic carbocycles. The minimum absolute atomic E-state index is 0.721. The molecule has 1 aromatic rings. The first kappa shape index (κ1) is 19.9. The van der Waals surface area contributed by atoms with E-state index in [9.17, 15) is 28.8 Å². The summed E-state index contributed by atoms with van der Waals surface area (Å²) >= 11 is 0. The monoisotopic (exact) mass is 385 g/mol. The predicted octanol–water partition coefficient (Wildman–Crippen LogP) is -2.11. The van der Waals surface area contributed by atoms with Gasteiger partial charge >= 0.3 is 13.5 Å². The highest BCUT2D eigenvalue weighted by Gasteiger charge is 2.62. The van der Waals surface area contributed by atoms with Gasteiger partial charge in [0.05, 0.1) is 6.61 Å². The van der Waals surface area contributed by atoms with Crippen molar-refractivity contribution in [1.82, 2.24) is 9.55 Å². The Labute approximate surface area is 139 Å². The van der Waals surface area contributed by atoms with Gasteiger partial charge in [-0.05, 0) is 6.92 Å². The van der Waals surface area contributed by atoms with E-state index in [1.807, 2.05) is 4.98 Å². The largest absolute Gasteiger partial charge is 0.488 e. The summed E-state index contributed by atoms with van der Waals surface area (Å²) in [6.07, 6.45) is -2.64. The molecule has 5 atom stereocenters. The Hall–Kier alpha value is -1.44. The molecule has 1 aliphatic heterocycles. The molecule has 1 unspecified atom stereocenters. The fourth-order valence-corrected chi connectivity index (χ4v) is 2.94. The zero-order chi connectivity index (χ0) is 19.0. The van der Waals surface area contributed by atoms with E-state index in [0.29, 0.717) is 0 Å². The molecule has 14 heteroatoms. The molecule has 0 saturated carbocycles. The van der Waals surface area contributed by atoms with Crippen molar-refractivity contribution >= 4 is 7.82 Å². The molecule has 2 rings (SSSR count). The number of H-pyrrole nitrogens is 1. The van der Waals surface area contributed by atoms with Gasteiger partial charge in [-0.25, -0.2) is 24.3 Å². The topological polar surface area (TPSA) is 186 Å². The van der Waals surface area contributed by atoms with E-state index in [1.54, 1.807) is 0 Å². The van der Waals surface area contributed by atoms with Crippen LogP contribution in [0, 0.1) is 0 Å². The van der Waals surface area contributed by atoms with E-state index in [4.69, 9.17) is 9.63 Å². The van der Waals surface area contributed by atoms with Crippen LogP contribution < -0.4 is 17.1 Å². The van der Waals surface area contributed by atoms with Gasteiger partial charge in [-0.15, -0.1) is 0 Å². The lowest BCUT2D eigenvalue weighted by Gasteiger charge is -2.30. The van der Waals surface area contributed by atoms with Crippen LogP contribution in [0.25, 0.3) is 0 Å². The van der Waals surface area contributed by atoms with Gasteiger partial charge in [0.15, 0.2) is 11.8 Å². The van der Waals surface area contributed by atoms with Gasteiger partial charge < -0.3 is 19.8 Å². The average molecular weight is 385 g/mol. The van der Waals surface area contributed by atoms with Gasteiger partial charge in [0.2, 0.25) is 0 Å². The van der Waals surface area contributed by atoms with E-state index in [-0.39, 0.29) is 0 Å². The molecule has 25 heavy (non-hydrogen) atoms. The number of nitrogens with one attached hydrogen (secondary N) is 1. The molecule has 1 aromatic heterocycles. The number of phosphoric ester groups is 1. The Balaban J connectivity index is 2.41. The zero-order valence-electron chi connectivity index (χ0n) is 12.9. The third kappa shape index (κ3) is 3.59. The lowest BCUT2D eigenvalue weighted by atomic mass is 9.88. The number of phosphoric acid groups is 1. The second-order valence-electron chi connectivity index (χ2n) is 5.66. The Kier molecular flexibility index (Phi) is 5.33. The molecule has 1 saturated heterocycles. The predicted molar refractivity (Wildman–Crippen MR) is 77.8 cm³/mol. The molecule has 1 aliphatic rings. The average Bonchev–Trinajstić information content (AvgIpc) is 2.74. The molecule has 0 radical (unpaired) electrons. The van der Waals surface area contributed by atoms with Gasteiger partial charge in [0.1, 0.15) is 18.4 Å². The number of aromatic nitrogens is 2. The van der Waals surface area contributed by atoms with Crippen LogP contribution in [0.1, 0.15) is 13.2 Å². The van der Waals surface area contributed by atoms with Gasteiger partial charge in [-0.1, -0.05) is 0 Å². The molecule has 12 nitrogen and oxygen atoms in total. The Morgan fingerprint density at radius 1 is 1.56 bits per heavy atom. The van der Waals surface area contributed by atoms with Crippen molar-refractivity contribution in [2.24, 2.45) is 5.90 Å². The smallest absolute Gasteiger partial charge is 0.387 e. The molecule has 0 amide bonds. The van der Waals surface area contributed by atoms with Crippen molar-refractivity contribution in [2.45, 2.75) is 30.5 Å². The van der Waals surface area contributed by atoms with Crippen LogP contribution in [0.5, 0.6) is 0 Å². The summed E-state index contributed by atoms with van der Waals surface area (Å²) in [4.78, 5) is 34.0. The summed E-state index contributed by atoms with van der Waals surface area (Å²) in [6, 6.07) is 0.948. The van der Waals surface area contributed by atoms with Gasteiger partial charge in [0.25, 0.3) is 5.56 Å². The van der Waals surface area contributed by atoms with Crippen molar-refractivity contribution in [1.29, 1.82) is 0 Å². The van der Waals surface area contributed by atoms with Crippen molar-refractivity contribution in [3.63, 3.8) is 0 Å². The third-order valence-corrected chi connectivity index (χ3v) is 4.56. The molecule has 2 heterocycles. The maximum absolute atomic E-state index is 13.6. The number of aliphatic hydroxyl groups excluding tert-OH is 1. The van der Waals surface area contributed by atoms with Crippen LogP contribution in [0.2, 0.25) is 0 Å². The van der Waals surface area contributed by atoms with Gasteiger partial charge in [-0.3, -0.25) is 18.9 Å². The standard InChI is InChI=1S/C11H17FN3O9P/c1-10(19)7(17)11(4-12,5-22-25(20,21)24-13)23-8(10)15-3-2-6(16)14-9(15)18/h2-3,7-8,17,19H,4-5,13H2,1H3,(H,20,21)(H,14,16,18)/t7-,8+,10+,11+/m0/s1. The minimum Gasteiger partial charge on any atom is -0.387 e. The highest BCUT2D eigenvalue weighted by atomic mass is 31.2. The number of aliphatic hydroxyl groups is 2. The normalized spacial score (nSPS) is 34.8. The second kappa shape index (κ2) is 6.70. The van der Waals surface area contributed by atoms with Crippen LogP contribution in [-0.4, -0.2) is 55.2 Å². The third-order valence-electron chi connectivity index (χ3n) is 3.83. The van der Waals surface area contributed by atoms with E-state index in [0.717, 1.165) is 23.8 Å². The number of nitrogens with zero attached hydrogens (tertiary/aromatic N) is 1. The number of alkyl halides is 1. The summed E-state index contributed by atoms with van der Waals surface area (Å²) in [7, 11) is -4.74. The second-order valence-corrected chi connectivity index (χ2v) is 7.07. The Bertz CT molecular complexity index is 795. The number of ether oxygens (including phenoxy) is 1. The van der Waals surface area contributed by atoms with Crippen molar-refractivity contribution in [2.75, 3.05) is 13.3 Å². The highest BCUT2D eigenvalue weighted by molar-refractivity contribution is 7.47. The summed E-state index contributed by atoms with van der Waals surface area (Å²) < 4.78 is 39.0. The van der Waals surface area contributed by atoms with E-state index in [2.05, 4.69) is 15.0 Å². The van der Waals surface area contributed by atoms with Crippen LogP contribution in [0.4, 0.5) is 4.39 Å². The Morgan fingerprint density at radius 3 is 2.72 bits per heavy atom. The fourth-order valence-electron chi connectivity index (χ4n) is 2.50. The molecular formula is C11H17FN3O9P. The van der Waals surface area contributed by atoms with Crippen molar-refractivity contribution < 1.29 is 37.9 Å². The lowest BCUT2D eigenvalue weighted by molar-refractivity contribution is -0.138. The maximum atomic E-state index is 13.6. The molecule has 1 fully saturated rings. The SMILES string of the molecule is C[C@@]1(O)[C@H](O)[C@@](CF)(COP(=O)(O)ON)O[C@H]1n1ccc(=O)[nH]c1=O. The molecule has 0 aliphatic carbocycles. The fraction of sp³-hybridized carbons (Fsp3) is 0.636. The molecule has 0 spiro atoms. The number of halogens is 1. The first-order valence-electron chi connectivity index (χ1n) is 6.80. The first-order chi connectivity index (χ1) is 11.5. The number of aromatic amines is 1. The maximum Gasteiger partial charge on any atom is 0.488 e. The summed E-state index contributed by atoms with van der Waals surface area (Å²) in [5.74, 6) is 4.55. The molecule has 142 valence electrons. The van der Waals surface area contributed by atoms with E-state index in [1.165, 1.54) is 0 Å². The van der Waals surface area contributed by atoms with E-state index >= 15 is 0 Å². The Morgan fingerprint density at radius 2 is 2.20 bits per heavy atom. The zero-order valence-corrected chi connectivity index (χ0v) is 13.8. The summed E-state index contributed by atoms with van der Waals surface area (Å²) in [5, 5.41) is 20.8. The van der Waals surface area contributed by atoms with E-state index < -0.39 is 55.9 Å².